The van der Waals surface area contributed by atoms with Crippen molar-refractivity contribution in [2.24, 2.45) is 23.5 Å². The van der Waals surface area contributed by atoms with Crippen molar-refractivity contribution in [2.45, 2.75) is 174 Å². The molecular weight excluding hydrogens is 1000 g/mol. The molecule has 1 aliphatic heterocycles. The van der Waals surface area contributed by atoms with Crippen LogP contribution >= 0.6 is 0 Å². The van der Waals surface area contributed by atoms with Crippen LogP contribution in [0.4, 0.5) is 0 Å². The molecule has 10 amide bonds. The number of quaternary nitrogens is 1. The molecule has 1 aromatic heterocycles. The van der Waals surface area contributed by atoms with Gasteiger partial charge in [0.25, 0.3) is 5.91 Å². The summed E-state index contributed by atoms with van der Waals surface area (Å²) in [7, 11) is 0. The molecule has 0 aliphatic carbocycles. The number of hydrogen-bond donors (Lipinski definition) is 13. The van der Waals surface area contributed by atoms with E-state index in [1.54, 1.807) is 65.1 Å². The van der Waals surface area contributed by atoms with E-state index in [1.807, 2.05) is 6.92 Å². The minimum Gasteiger partial charge on any atom is -0.550 e. The maximum atomic E-state index is 14.3. The van der Waals surface area contributed by atoms with E-state index >= 15 is 0 Å². The number of amides is 10. The van der Waals surface area contributed by atoms with Gasteiger partial charge in [-0.2, -0.15) is 0 Å². The molecule has 2 aromatic rings. The van der Waals surface area contributed by atoms with Gasteiger partial charge >= 0.3 is 0 Å². The van der Waals surface area contributed by atoms with Crippen molar-refractivity contribution in [2.75, 3.05) is 13.1 Å². The van der Waals surface area contributed by atoms with Crippen LogP contribution in [0.3, 0.4) is 0 Å². The Morgan fingerprint density at radius 2 is 1.26 bits per heavy atom. The lowest BCUT2D eigenvalue weighted by Gasteiger charge is -2.32. The number of aromatic amines is 1. The average Bonchev–Trinajstić information content (AvgIpc) is 4.03. The zero-order valence-electron chi connectivity index (χ0n) is 45.4. The average molecular weight is 1090 g/mol. The normalized spacial score (nSPS) is 18.0. The van der Waals surface area contributed by atoms with Crippen LogP contribution in [0.15, 0.2) is 30.5 Å². The van der Waals surface area contributed by atoms with Crippen molar-refractivity contribution >= 4 is 75.9 Å². The van der Waals surface area contributed by atoms with Gasteiger partial charge in [-0.05, 0) is 69.4 Å². The number of hydrogen-bond acceptors (Lipinski definition) is 14. The number of para-hydroxylation sites is 1. The molecule has 428 valence electrons. The van der Waals surface area contributed by atoms with E-state index in [0.29, 0.717) is 35.7 Å². The summed E-state index contributed by atoms with van der Waals surface area (Å²) in [6, 6.07) is -5.11. The molecule has 26 heteroatoms. The fourth-order valence-electron chi connectivity index (χ4n) is 8.65. The van der Waals surface area contributed by atoms with Gasteiger partial charge in [0.1, 0.15) is 48.3 Å². The van der Waals surface area contributed by atoms with Crippen molar-refractivity contribution in [1.29, 1.82) is 0 Å². The Labute approximate surface area is 447 Å². The van der Waals surface area contributed by atoms with Crippen LogP contribution < -0.4 is 59.1 Å². The number of aromatic nitrogens is 1. The molecule has 0 spiro atoms. The predicted molar refractivity (Wildman–Crippen MR) is 276 cm³/mol. The molecular formula is C51H80N12O14. The molecule has 77 heavy (non-hydrogen) atoms. The first-order valence-electron chi connectivity index (χ1n) is 26.0. The zero-order chi connectivity index (χ0) is 58.0. The summed E-state index contributed by atoms with van der Waals surface area (Å²) in [5.74, 6) is -10.8. The van der Waals surface area contributed by atoms with E-state index in [9.17, 15) is 68.1 Å². The molecule has 16 N–H and O–H groups in total. The molecule has 0 bridgehead atoms. The number of H-pyrrole nitrogens is 1. The molecule has 2 heterocycles. The maximum absolute atomic E-state index is 14.3. The third kappa shape index (κ3) is 18.8. The molecule has 3 rings (SSSR count). The van der Waals surface area contributed by atoms with Gasteiger partial charge in [-0.3, -0.25) is 47.9 Å². The van der Waals surface area contributed by atoms with Gasteiger partial charge in [-0.1, -0.05) is 72.6 Å². The Kier molecular flexibility index (Phi) is 24.9. The third-order valence-electron chi connectivity index (χ3n) is 13.6. The molecule has 0 unspecified atom stereocenters. The number of carboxylic acids is 1. The van der Waals surface area contributed by atoms with E-state index in [-0.39, 0.29) is 37.6 Å². The number of carbonyl (C=O) groups is 11. The van der Waals surface area contributed by atoms with Crippen LogP contribution in [-0.2, 0) is 59.2 Å². The number of carbonyl (C=O) groups excluding carboxylic acids is 11. The molecule has 0 radical (unpaired) electrons. The third-order valence-corrected chi connectivity index (χ3v) is 13.6. The van der Waals surface area contributed by atoms with Crippen molar-refractivity contribution in [3.63, 3.8) is 0 Å². The summed E-state index contributed by atoms with van der Waals surface area (Å²) < 4.78 is 0. The number of aliphatic hydroxyl groups excluding tert-OH is 2. The minimum atomic E-state index is -1.82. The van der Waals surface area contributed by atoms with Crippen molar-refractivity contribution in [3.05, 3.63) is 36.0 Å². The predicted octanol–water partition coefficient (Wildman–Crippen LogP) is -4.63. The second kappa shape index (κ2) is 29.9. The Morgan fingerprint density at radius 3 is 1.83 bits per heavy atom. The van der Waals surface area contributed by atoms with Crippen molar-refractivity contribution in [1.82, 2.24) is 52.4 Å². The minimum absolute atomic E-state index is 0.0560. The summed E-state index contributed by atoms with van der Waals surface area (Å²) in [5, 5.41) is 53.5. The lowest BCUT2D eigenvalue weighted by Crippen LogP contribution is -2.70. The van der Waals surface area contributed by atoms with Crippen LogP contribution in [0.25, 0.3) is 10.9 Å². The van der Waals surface area contributed by atoms with Crippen LogP contribution in [0.1, 0.15) is 106 Å². The number of nitrogens with two attached hydrogens (primary N) is 1. The van der Waals surface area contributed by atoms with Crippen LogP contribution in [0.5, 0.6) is 0 Å². The van der Waals surface area contributed by atoms with Gasteiger partial charge in [-0.15, -0.1) is 0 Å². The second-order valence-corrected chi connectivity index (χ2v) is 20.4. The zero-order valence-corrected chi connectivity index (χ0v) is 45.4. The number of carboxylic acid groups (broad SMARTS) is 1. The number of fused-ring (bicyclic) bond motifs is 1. The first-order chi connectivity index (χ1) is 36.1. The second-order valence-electron chi connectivity index (χ2n) is 20.4. The summed E-state index contributed by atoms with van der Waals surface area (Å²) >= 11 is 0. The number of aliphatic hydroxyl groups is 2. The fraction of sp³-hybridized carbons (Fsp3) is 0.627. The highest BCUT2D eigenvalue weighted by Gasteiger charge is 2.41. The number of nitrogens with zero attached hydrogens (tertiary/aromatic N) is 1. The highest BCUT2D eigenvalue weighted by Crippen LogP contribution is 2.23. The largest absolute Gasteiger partial charge is 0.550 e. The van der Waals surface area contributed by atoms with E-state index in [4.69, 9.17) is 5.73 Å². The lowest BCUT2D eigenvalue weighted by atomic mass is 9.97. The van der Waals surface area contributed by atoms with Crippen LogP contribution in [0, 0.1) is 17.8 Å². The monoisotopic (exact) mass is 1080 g/mol. The number of likely N-dealkylation sites (tertiary alicyclic amines) is 1. The molecule has 13 atom stereocenters. The SMILES string of the molecule is CC[C@H](C)[C@H](NC(=O)CNC(=O)[C@@H]1CCCN1C(=O)[C@@H](NC(=O)[C@H](C)NC(=O)[C@@H](NC(=O)[C@@H](NC(=O)[C@H](Cc1c[nH]c2ccccc12)NC(=O)[C@H](CC(C)C)NC(=O)[C@@H]([NH3+])CC(=O)[O-])[C@@H](C)O)[C@@H](C)O)[C@@H](C)CC)C(N)=O. The summed E-state index contributed by atoms with van der Waals surface area (Å²) in [6.45, 7) is 13.9. The number of primary amides is 1. The van der Waals surface area contributed by atoms with Gasteiger partial charge in [0.15, 0.2) is 6.04 Å². The van der Waals surface area contributed by atoms with Crippen LogP contribution in [-0.4, -0.2) is 165 Å². The smallest absolute Gasteiger partial charge is 0.279 e. The molecule has 1 aliphatic rings. The fourth-order valence-corrected chi connectivity index (χ4v) is 8.65. The molecule has 26 nitrogen and oxygen atoms in total. The van der Waals surface area contributed by atoms with E-state index in [2.05, 4.69) is 53.3 Å². The Morgan fingerprint density at radius 1 is 0.714 bits per heavy atom. The van der Waals surface area contributed by atoms with E-state index in [1.165, 1.54) is 18.7 Å². The van der Waals surface area contributed by atoms with Crippen molar-refractivity contribution in [3.8, 4) is 0 Å². The molecule has 1 fully saturated rings. The van der Waals surface area contributed by atoms with Crippen LogP contribution in [0.2, 0.25) is 0 Å². The van der Waals surface area contributed by atoms with Gasteiger partial charge in [0, 0.05) is 42.5 Å². The summed E-state index contributed by atoms with van der Waals surface area (Å²) in [4.78, 5) is 150. The number of aliphatic carboxylic acids is 1. The molecule has 1 aromatic carbocycles. The molecule has 0 saturated carbocycles. The van der Waals surface area contributed by atoms with Gasteiger partial charge in [0.2, 0.25) is 53.2 Å². The number of nitrogens with one attached hydrogen (secondary N) is 9. The Hall–Kier alpha value is -7.19. The van der Waals surface area contributed by atoms with E-state index < -0.39 is 151 Å². The Bertz CT molecular complexity index is 2430. The summed E-state index contributed by atoms with van der Waals surface area (Å²) in [5.41, 5.74) is 10.2. The first kappa shape index (κ1) is 64.1. The summed E-state index contributed by atoms with van der Waals surface area (Å²) in [6.07, 6.45) is -0.870. The molecule has 1 saturated heterocycles. The Balaban J connectivity index is 1.78. The van der Waals surface area contributed by atoms with Gasteiger partial charge < -0.3 is 84.0 Å². The van der Waals surface area contributed by atoms with Gasteiger partial charge in [0.05, 0.1) is 18.8 Å². The highest BCUT2D eigenvalue weighted by molar-refractivity contribution is 5.99. The standard InChI is InChI=1S/C51H80N12O14/c1-10-25(5)39(43(53)69)59-37(66)23-55-48(74)36-17-14-18-63(36)51(77)40(26(6)11-2)60-44(70)27(7)56-49(75)41(28(8)64)62-50(76)42(29(9)65)61-47(73)35(20-30-22-54-33-16-13-12-15-31(30)33)58-46(72)34(19-24(3)4)57-45(71)32(52)21-38(67)68/h12-13,15-16,22,24-29,32,34-36,39-42,54,64-65H,10-11,14,17-21,23,52H2,1-9H3,(H2,53,69)(H,55,74)(H,56,75)(H,57,71)(H,58,72)(H,59,66)(H,60,70)(H,61,73)(H,62,76)(H,67,68)/t25-,26-,27-,28+,29+,32-,34-,35-,36-,39-,40-,41-,42-/m0/s1. The number of benzene rings is 1. The highest BCUT2D eigenvalue weighted by atomic mass is 16.4. The maximum Gasteiger partial charge on any atom is 0.279 e. The lowest BCUT2D eigenvalue weighted by molar-refractivity contribution is -0.408. The van der Waals surface area contributed by atoms with E-state index in [0.717, 1.165) is 6.92 Å². The number of rotatable bonds is 30. The van der Waals surface area contributed by atoms with Gasteiger partial charge in [-0.25, -0.2) is 0 Å². The topological polar surface area (TPSA) is 420 Å². The van der Waals surface area contributed by atoms with Crippen molar-refractivity contribution < 1.29 is 73.8 Å². The first-order valence-corrected chi connectivity index (χ1v) is 26.0. The quantitative estimate of drug-likeness (QED) is 0.0350.